The smallest absolute Gasteiger partial charge is 0.230 e. The zero-order valence-corrected chi connectivity index (χ0v) is 14.0. The van der Waals surface area contributed by atoms with Crippen LogP contribution in [0.15, 0.2) is 29.6 Å². The molecule has 1 amide bonds. The second kappa shape index (κ2) is 8.12. The van der Waals surface area contributed by atoms with Crippen LogP contribution in [0, 0.1) is 12.8 Å². The van der Waals surface area contributed by atoms with Crippen LogP contribution in [0.4, 0.5) is 5.13 Å². The van der Waals surface area contributed by atoms with E-state index in [0.29, 0.717) is 11.7 Å². The Bertz CT molecular complexity index is 583. The zero-order chi connectivity index (χ0) is 14.5. The predicted octanol–water partition coefficient (Wildman–Crippen LogP) is 3.33. The molecule has 1 aromatic heterocycles. The van der Waals surface area contributed by atoms with Crippen molar-refractivity contribution in [3.05, 3.63) is 35.2 Å². The fourth-order valence-corrected chi connectivity index (χ4v) is 2.54. The Kier molecular flexibility index (Phi) is 6.81. The maximum absolute atomic E-state index is 11.9. The normalized spacial score (nSPS) is 11.6. The molecule has 0 fully saturated rings. The number of rotatable bonds is 5. The molecule has 0 spiro atoms. The number of carbonyl (C=O) groups is 1. The number of carbonyl (C=O) groups excluding carboxylic acids is 1. The van der Waals surface area contributed by atoms with Crippen LogP contribution < -0.4 is 10.6 Å². The number of nitrogens with one attached hydrogen (secondary N) is 2. The van der Waals surface area contributed by atoms with Crippen molar-refractivity contribution >= 4 is 34.8 Å². The molecule has 6 heteroatoms. The summed E-state index contributed by atoms with van der Waals surface area (Å²) in [5, 5.41) is 8.46. The van der Waals surface area contributed by atoms with E-state index in [0.717, 1.165) is 11.3 Å². The Morgan fingerprint density at radius 1 is 1.33 bits per heavy atom. The summed E-state index contributed by atoms with van der Waals surface area (Å²) in [4.78, 5) is 16.4. The number of hydrogen-bond acceptors (Lipinski definition) is 4. The summed E-state index contributed by atoms with van der Waals surface area (Å²) in [6, 6.07) is 8.20. The number of aryl methyl sites for hydroxylation is 1. The third kappa shape index (κ3) is 4.81. The SMILES string of the molecule is CNCC(C)C(=O)Nc1nc(-c2ccc(C)cc2)cs1.Cl. The van der Waals surface area contributed by atoms with Crippen LogP contribution in [0.3, 0.4) is 0 Å². The van der Waals surface area contributed by atoms with E-state index in [-0.39, 0.29) is 24.2 Å². The van der Waals surface area contributed by atoms with E-state index in [1.807, 2.05) is 31.5 Å². The fraction of sp³-hybridized carbons (Fsp3) is 0.333. The lowest BCUT2D eigenvalue weighted by atomic mass is 10.1. The molecule has 114 valence electrons. The maximum atomic E-state index is 11.9. The quantitative estimate of drug-likeness (QED) is 0.886. The first-order valence-corrected chi connectivity index (χ1v) is 7.46. The van der Waals surface area contributed by atoms with Crippen LogP contribution in [0.5, 0.6) is 0 Å². The maximum Gasteiger partial charge on any atom is 0.230 e. The molecule has 1 atom stereocenters. The molecule has 21 heavy (non-hydrogen) atoms. The predicted molar refractivity (Wildman–Crippen MR) is 91.3 cm³/mol. The van der Waals surface area contributed by atoms with Gasteiger partial charge >= 0.3 is 0 Å². The molecule has 1 unspecified atom stereocenters. The molecule has 0 bridgehead atoms. The van der Waals surface area contributed by atoms with Gasteiger partial charge in [0.05, 0.1) is 5.69 Å². The fourth-order valence-electron chi connectivity index (χ4n) is 1.82. The minimum Gasteiger partial charge on any atom is -0.319 e. The van der Waals surface area contributed by atoms with Crippen molar-refractivity contribution in [1.82, 2.24) is 10.3 Å². The van der Waals surface area contributed by atoms with Crippen molar-refractivity contribution in [3.8, 4) is 11.3 Å². The van der Waals surface area contributed by atoms with Gasteiger partial charge in [-0.15, -0.1) is 23.7 Å². The van der Waals surface area contributed by atoms with Crippen LogP contribution in [0.1, 0.15) is 12.5 Å². The molecule has 0 saturated heterocycles. The van der Waals surface area contributed by atoms with Gasteiger partial charge in [-0.25, -0.2) is 4.98 Å². The number of hydrogen-bond donors (Lipinski definition) is 2. The number of anilines is 1. The highest BCUT2D eigenvalue weighted by molar-refractivity contribution is 7.14. The van der Waals surface area contributed by atoms with Gasteiger partial charge < -0.3 is 10.6 Å². The number of aromatic nitrogens is 1. The highest BCUT2D eigenvalue weighted by Gasteiger charge is 2.14. The van der Waals surface area contributed by atoms with E-state index in [9.17, 15) is 4.79 Å². The lowest BCUT2D eigenvalue weighted by Crippen LogP contribution is -2.28. The lowest BCUT2D eigenvalue weighted by Gasteiger charge is -2.09. The number of nitrogens with zero attached hydrogens (tertiary/aromatic N) is 1. The summed E-state index contributed by atoms with van der Waals surface area (Å²) in [6.07, 6.45) is 0. The van der Waals surface area contributed by atoms with Crippen LogP contribution in [-0.2, 0) is 4.79 Å². The van der Waals surface area contributed by atoms with Gasteiger partial charge in [-0.2, -0.15) is 0 Å². The van der Waals surface area contributed by atoms with Gasteiger partial charge in [-0.05, 0) is 14.0 Å². The molecule has 1 aromatic carbocycles. The molecule has 1 heterocycles. The van der Waals surface area contributed by atoms with E-state index < -0.39 is 0 Å². The molecule has 4 nitrogen and oxygen atoms in total. The van der Waals surface area contributed by atoms with Crippen LogP contribution in [0.2, 0.25) is 0 Å². The number of benzene rings is 1. The van der Waals surface area contributed by atoms with Gasteiger partial charge in [0.25, 0.3) is 0 Å². The van der Waals surface area contributed by atoms with Gasteiger partial charge in [0.15, 0.2) is 5.13 Å². The molecule has 0 aliphatic rings. The summed E-state index contributed by atoms with van der Waals surface area (Å²) in [5.41, 5.74) is 3.18. The molecule has 2 N–H and O–H groups in total. The van der Waals surface area contributed by atoms with E-state index in [1.165, 1.54) is 16.9 Å². The minimum atomic E-state index is -0.0771. The van der Waals surface area contributed by atoms with Gasteiger partial charge in [-0.1, -0.05) is 36.8 Å². The largest absolute Gasteiger partial charge is 0.319 e. The second-order valence-electron chi connectivity index (χ2n) is 4.85. The first-order valence-electron chi connectivity index (χ1n) is 6.58. The monoisotopic (exact) mass is 325 g/mol. The van der Waals surface area contributed by atoms with E-state index in [1.54, 1.807) is 0 Å². The van der Waals surface area contributed by atoms with Crippen molar-refractivity contribution in [2.75, 3.05) is 18.9 Å². The second-order valence-corrected chi connectivity index (χ2v) is 5.71. The first-order chi connectivity index (χ1) is 9.60. The van der Waals surface area contributed by atoms with Crippen molar-refractivity contribution in [2.45, 2.75) is 13.8 Å². The van der Waals surface area contributed by atoms with Crippen molar-refractivity contribution in [1.29, 1.82) is 0 Å². The molecule has 0 saturated carbocycles. The molecule has 2 rings (SSSR count). The Labute approximate surface area is 135 Å². The Hall–Kier alpha value is -1.43. The van der Waals surface area contributed by atoms with Gasteiger partial charge in [0, 0.05) is 23.4 Å². The van der Waals surface area contributed by atoms with Crippen molar-refractivity contribution < 1.29 is 4.79 Å². The highest BCUT2D eigenvalue weighted by Crippen LogP contribution is 2.25. The number of thiazole rings is 1. The average molecular weight is 326 g/mol. The third-order valence-electron chi connectivity index (χ3n) is 3.04. The van der Waals surface area contributed by atoms with Crippen LogP contribution >= 0.6 is 23.7 Å². The molecule has 0 aliphatic carbocycles. The highest BCUT2D eigenvalue weighted by atomic mass is 35.5. The Balaban J connectivity index is 0.00000220. The van der Waals surface area contributed by atoms with E-state index in [4.69, 9.17) is 0 Å². The lowest BCUT2D eigenvalue weighted by molar-refractivity contribution is -0.119. The van der Waals surface area contributed by atoms with Crippen molar-refractivity contribution in [2.24, 2.45) is 5.92 Å². The summed E-state index contributed by atoms with van der Waals surface area (Å²) >= 11 is 1.45. The van der Waals surface area contributed by atoms with Crippen LogP contribution in [0.25, 0.3) is 11.3 Å². The van der Waals surface area contributed by atoms with Crippen molar-refractivity contribution in [3.63, 3.8) is 0 Å². The van der Waals surface area contributed by atoms with Crippen LogP contribution in [-0.4, -0.2) is 24.5 Å². The molecule has 0 radical (unpaired) electrons. The van der Waals surface area contributed by atoms with Gasteiger partial charge in [0.2, 0.25) is 5.91 Å². The summed E-state index contributed by atoms with van der Waals surface area (Å²) in [5.74, 6) is -0.0871. The summed E-state index contributed by atoms with van der Waals surface area (Å²) < 4.78 is 0. The number of amides is 1. The minimum absolute atomic E-state index is 0. The van der Waals surface area contributed by atoms with E-state index >= 15 is 0 Å². The molecular formula is C15H20ClN3OS. The van der Waals surface area contributed by atoms with Gasteiger partial charge in [-0.3, -0.25) is 4.79 Å². The van der Waals surface area contributed by atoms with E-state index in [2.05, 4.69) is 34.7 Å². The first kappa shape index (κ1) is 17.6. The molecule has 2 aromatic rings. The Morgan fingerprint density at radius 2 is 2.00 bits per heavy atom. The summed E-state index contributed by atoms with van der Waals surface area (Å²) in [6.45, 7) is 4.60. The standard InChI is InChI=1S/C15H19N3OS.ClH/c1-10-4-6-12(7-5-10)13-9-20-15(17-13)18-14(19)11(2)8-16-3;/h4-7,9,11,16H,8H2,1-3H3,(H,17,18,19);1H. The number of halogens is 1. The average Bonchev–Trinajstić information content (AvgIpc) is 2.88. The summed E-state index contributed by atoms with van der Waals surface area (Å²) in [7, 11) is 1.84. The third-order valence-corrected chi connectivity index (χ3v) is 3.80. The molecular weight excluding hydrogens is 306 g/mol. The zero-order valence-electron chi connectivity index (χ0n) is 12.3. The molecule has 0 aliphatic heterocycles. The topological polar surface area (TPSA) is 54.0 Å². The van der Waals surface area contributed by atoms with Gasteiger partial charge in [0.1, 0.15) is 0 Å². The Morgan fingerprint density at radius 3 is 2.62 bits per heavy atom.